The van der Waals surface area contributed by atoms with E-state index in [9.17, 15) is 10.1 Å². The third-order valence-electron chi connectivity index (χ3n) is 5.13. The fraction of sp³-hybridized carbons (Fsp3) is 0.438. The number of nitrogens with one attached hydrogen (secondary N) is 1. The molecule has 0 saturated heterocycles. The number of rotatable bonds is 2. The topological polar surface area (TPSA) is 78.9 Å². The van der Waals surface area contributed by atoms with Gasteiger partial charge in [0.2, 0.25) is 5.91 Å². The summed E-state index contributed by atoms with van der Waals surface area (Å²) in [6.45, 7) is 0. The smallest absolute Gasteiger partial charge is 0.245 e. The van der Waals surface area contributed by atoms with Gasteiger partial charge < -0.3 is 9.73 Å². The van der Waals surface area contributed by atoms with Gasteiger partial charge in [-0.05, 0) is 31.4 Å². The number of nitriles is 1. The minimum Gasteiger partial charge on any atom is -0.443 e. The third-order valence-corrected chi connectivity index (χ3v) is 5.13. The second kappa shape index (κ2) is 4.08. The van der Waals surface area contributed by atoms with Gasteiger partial charge in [0.25, 0.3) is 0 Å². The average Bonchev–Trinajstić information content (AvgIpc) is 2.87. The largest absolute Gasteiger partial charge is 0.443 e. The van der Waals surface area contributed by atoms with Crippen LogP contribution in [-0.2, 0) is 4.79 Å². The maximum Gasteiger partial charge on any atom is 0.245 e. The Balaban J connectivity index is 1.65. The second-order valence-corrected chi connectivity index (χ2v) is 6.14. The molecule has 5 heteroatoms. The summed E-state index contributed by atoms with van der Waals surface area (Å²) in [6.07, 6.45) is 6.27. The predicted molar refractivity (Wildman–Crippen MR) is 76.2 cm³/mol. The van der Waals surface area contributed by atoms with E-state index in [1.807, 2.05) is 0 Å². The predicted octanol–water partition coefficient (Wildman–Crippen LogP) is 3.24. The molecule has 106 valence electrons. The first-order valence-corrected chi connectivity index (χ1v) is 7.26. The van der Waals surface area contributed by atoms with Crippen LogP contribution in [0.2, 0.25) is 0 Å². The summed E-state index contributed by atoms with van der Waals surface area (Å²) < 4.78 is 5.23. The zero-order valence-electron chi connectivity index (χ0n) is 11.6. The van der Waals surface area contributed by atoms with Gasteiger partial charge in [-0.2, -0.15) is 5.26 Å². The summed E-state index contributed by atoms with van der Waals surface area (Å²) >= 11 is 0. The number of aromatic nitrogens is 1. The molecule has 2 fully saturated rings. The molecule has 1 aromatic carbocycles. The molecule has 1 aromatic heterocycles. The van der Waals surface area contributed by atoms with Crippen molar-refractivity contribution in [3.8, 4) is 6.07 Å². The Bertz CT molecular complexity index is 767. The van der Waals surface area contributed by atoms with Crippen molar-refractivity contribution in [3.63, 3.8) is 0 Å². The number of fused-ring (bicyclic) bond motifs is 1. The van der Waals surface area contributed by atoms with Gasteiger partial charge in [-0.15, -0.1) is 0 Å². The highest BCUT2D eigenvalue weighted by molar-refractivity contribution is 6.04. The van der Waals surface area contributed by atoms with E-state index in [4.69, 9.17) is 4.42 Å². The Morgan fingerprint density at radius 1 is 1.38 bits per heavy atom. The van der Waals surface area contributed by atoms with Crippen LogP contribution in [0.3, 0.4) is 0 Å². The zero-order chi connectivity index (χ0) is 14.5. The molecule has 2 aliphatic carbocycles. The van der Waals surface area contributed by atoms with Gasteiger partial charge in [0.05, 0.1) is 11.8 Å². The van der Waals surface area contributed by atoms with Crippen LogP contribution >= 0.6 is 0 Å². The number of benzene rings is 1. The van der Waals surface area contributed by atoms with Gasteiger partial charge in [0.15, 0.2) is 12.0 Å². The Morgan fingerprint density at radius 3 is 2.95 bits per heavy atom. The molecule has 2 saturated carbocycles. The molecule has 1 spiro atoms. The molecule has 0 aliphatic heterocycles. The quantitative estimate of drug-likeness (QED) is 0.916. The standard InChI is InChI=1S/C16H15N3O2/c17-9-16(8-15(16)6-1-2-7-15)14(20)19-11-4-3-5-12-13(11)18-10-21-12/h3-5,10H,1-2,6-8H2,(H,19,20). The van der Waals surface area contributed by atoms with Crippen molar-refractivity contribution in [1.29, 1.82) is 5.26 Å². The number of anilines is 1. The number of nitrogens with zero attached hydrogens (tertiary/aromatic N) is 2. The van der Waals surface area contributed by atoms with E-state index < -0.39 is 5.41 Å². The molecular formula is C16H15N3O2. The van der Waals surface area contributed by atoms with E-state index >= 15 is 0 Å². The normalized spacial score (nSPS) is 25.9. The zero-order valence-corrected chi connectivity index (χ0v) is 11.6. The lowest BCUT2D eigenvalue weighted by Gasteiger charge is -2.15. The third kappa shape index (κ3) is 1.56. The van der Waals surface area contributed by atoms with Crippen LogP contribution < -0.4 is 5.32 Å². The Morgan fingerprint density at radius 2 is 2.19 bits per heavy atom. The number of hydrogen-bond acceptors (Lipinski definition) is 4. The second-order valence-electron chi connectivity index (χ2n) is 6.14. The van der Waals surface area contributed by atoms with Crippen molar-refractivity contribution in [2.24, 2.45) is 10.8 Å². The first-order chi connectivity index (χ1) is 10.2. The Kier molecular flexibility index (Phi) is 2.41. The number of para-hydroxylation sites is 1. The van der Waals surface area contributed by atoms with Crippen LogP contribution in [0.1, 0.15) is 32.1 Å². The van der Waals surface area contributed by atoms with Crippen molar-refractivity contribution in [3.05, 3.63) is 24.6 Å². The SMILES string of the molecule is N#CC1(C(=O)Nc2cccc3ocnc23)CC12CCCC2. The van der Waals surface area contributed by atoms with E-state index in [1.165, 1.54) is 6.39 Å². The van der Waals surface area contributed by atoms with Gasteiger partial charge >= 0.3 is 0 Å². The van der Waals surface area contributed by atoms with Gasteiger partial charge in [-0.3, -0.25) is 4.79 Å². The van der Waals surface area contributed by atoms with Crippen molar-refractivity contribution >= 4 is 22.7 Å². The van der Waals surface area contributed by atoms with Crippen LogP contribution in [0.5, 0.6) is 0 Å². The number of amides is 1. The van der Waals surface area contributed by atoms with Crippen molar-refractivity contribution in [1.82, 2.24) is 4.98 Å². The lowest BCUT2D eigenvalue weighted by molar-refractivity contribution is -0.120. The molecule has 1 unspecified atom stereocenters. The first kappa shape index (κ1) is 12.4. The molecule has 4 rings (SSSR count). The van der Waals surface area contributed by atoms with Gasteiger partial charge in [-0.1, -0.05) is 18.9 Å². The fourth-order valence-corrected chi connectivity index (χ4v) is 3.87. The van der Waals surface area contributed by atoms with Crippen molar-refractivity contribution in [2.75, 3.05) is 5.32 Å². The molecule has 1 amide bonds. The molecule has 2 aliphatic rings. The van der Waals surface area contributed by atoms with Crippen LogP contribution in [0, 0.1) is 22.2 Å². The van der Waals surface area contributed by atoms with E-state index in [1.54, 1.807) is 18.2 Å². The number of carbonyl (C=O) groups excluding carboxylic acids is 1. The molecule has 1 N–H and O–H groups in total. The van der Waals surface area contributed by atoms with Crippen LogP contribution in [0.25, 0.3) is 11.1 Å². The number of carbonyl (C=O) groups is 1. The molecule has 2 aromatic rings. The highest BCUT2D eigenvalue weighted by Gasteiger charge is 2.72. The average molecular weight is 281 g/mol. The minimum absolute atomic E-state index is 0.0798. The van der Waals surface area contributed by atoms with E-state index in [-0.39, 0.29) is 11.3 Å². The summed E-state index contributed by atoms with van der Waals surface area (Å²) in [7, 11) is 0. The summed E-state index contributed by atoms with van der Waals surface area (Å²) in [4.78, 5) is 16.8. The summed E-state index contributed by atoms with van der Waals surface area (Å²) in [6, 6.07) is 7.69. The lowest BCUT2D eigenvalue weighted by Crippen LogP contribution is -2.28. The molecule has 21 heavy (non-hydrogen) atoms. The summed E-state index contributed by atoms with van der Waals surface area (Å²) in [5, 5.41) is 12.5. The van der Waals surface area contributed by atoms with Crippen LogP contribution in [-0.4, -0.2) is 10.9 Å². The monoisotopic (exact) mass is 281 g/mol. The van der Waals surface area contributed by atoms with Crippen molar-refractivity contribution in [2.45, 2.75) is 32.1 Å². The molecule has 0 bridgehead atoms. The minimum atomic E-state index is -0.852. The lowest BCUT2D eigenvalue weighted by atomic mass is 9.91. The summed E-state index contributed by atoms with van der Waals surface area (Å²) in [5.41, 5.74) is 0.935. The van der Waals surface area contributed by atoms with Crippen molar-refractivity contribution < 1.29 is 9.21 Å². The molecule has 1 atom stereocenters. The molecular weight excluding hydrogens is 266 g/mol. The maximum absolute atomic E-state index is 12.7. The van der Waals surface area contributed by atoms with Gasteiger partial charge in [0, 0.05) is 5.41 Å². The molecule has 1 heterocycles. The fourth-order valence-electron chi connectivity index (χ4n) is 3.87. The van der Waals surface area contributed by atoms with Crippen LogP contribution in [0.4, 0.5) is 5.69 Å². The molecule has 5 nitrogen and oxygen atoms in total. The van der Waals surface area contributed by atoms with E-state index in [2.05, 4.69) is 16.4 Å². The number of oxazole rings is 1. The number of hydrogen-bond donors (Lipinski definition) is 1. The first-order valence-electron chi connectivity index (χ1n) is 7.26. The molecule has 0 radical (unpaired) electrons. The maximum atomic E-state index is 12.7. The van der Waals surface area contributed by atoms with Crippen LogP contribution in [0.15, 0.2) is 29.0 Å². The highest BCUT2D eigenvalue weighted by atomic mass is 16.3. The Labute approximate surface area is 122 Å². The van der Waals surface area contributed by atoms with Gasteiger partial charge in [-0.25, -0.2) is 4.98 Å². The Hall–Kier alpha value is -2.35. The van der Waals surface area contributed by atoms with Gasteiger partial charge in [0.1, 0.15) is 10.9 Å². The summed E-state index contributed by atoms with van der Waals surface area (Å²) in [5.74, 6) is -0.192. The highest BCUT2D eigenvalue weighted by Crippen LogP contribution is 2.71. The van der Waals surface area contributed by atoms with E-state index in [0.717, 1.165) is 25.7 Å². The van der Waals surface area contributed by atoms with E-state index in [0.29, 0.717) is 23.2 Å².